The number of halogens is 3. The van der Waals surface area contributed by atoms with E-state index in [1.807, 2.05) is 12.1 Å². The Hall–Kier alpha value is -3.20. The number of amides is 2. The van der Waals surface area contributed by atoms with Gasteiger partial charge in [-0.1, -0.05) is 29.8 Å². The molecule has 0 unspecified atom stereocenters. The van der Waals surface area contributed by atoms with Crippen LogP contribution in [0.1, 0.15) is 17.2 Å². The summed E-state index contributed by atoms with van der Waals surface area (Å²) in [6.45, 7) is 2.66. The van der Waals surface area contributed by atoms with Gasteiger partial charge in [0.05, 0.1) is 19.8 Å². The molecule has 190 valence electrons. The first-order valence-corrected chi connectivity index (χ1v) is 12.0. The Morgan fingerprint density at radius 3 is 2.22 bits per heavy atom. The van der Waals surface area contributed by atoms with Crippen LogP contribution in [-0.4, -0.2) is 55.7 Å². The second kappa shape index (κ2) is 12.2. The van der Waals surface area contributed by atoms with Gasteiger partial charge in [-0.05, 0) is 54.1 Å². The van der Waals surface area contributed by atoms with Crippen LogP contribution in [0.2, 0.25) is 5.02 Å². The average molecular weight is 516 g/mol. The molecule has 1 aliphatic heterocycles. The van der Waals surface area contributed by atoms with Crippen molar-refractivity contribution in [2.24, 2.45) is 0 Å². The van der Waals surface area contributed by atoms with E-state index in [4.69, 9.17) is 21.1 Å². The Balaban J connectivity index is 1.36. The van der Waals surface area contributed by atoms with Gasteiger partial charge in [-0.15, -0.1) is 0 Å². The molecule has 9 heteroatoms. The maximum Gasteiger partial charge on any atom is 0.321 e. The smallest absolute Gasteiger partial charge is 0.321 e. The van der Waals surface area contributed by atoms with Crippen molar-refractivity contribution in [2.75, 3.05) is 45.2 Å². The quantitative estimate of drug-likeness (QED) is 0.416. The van der Waals surface area contributed by atoms with E-state index in [0.29, 0.717) is 43.4 Å². The zero-order valence-corrected chi connectivity index (χ0v) is 20.7. The zero-order valence-electron chi connectivity index (χ0n) is 19.9. The van der Waals surface area contributed by atoms with E-state index in [1.165, 1.54) is 18.2 Å². The van der Waals surface area contributed by atoms with E-state index in [-0.39, 0.29) is 18.2 Å². The molecule has 0 radical (unpaired) electrons. The number of methoxy groups -OCH3 is 1. The summed E-state index contributed by atoms with van der Waals surface area (Å²) in [4.78, 5) is 16.6. The lowest BCUT2D eigenvalue weighted by molar-refractivity contribution is 0.00376. The van der Waals surface area contributed by atoms with Crippen molar-refractivity contribution >= 4 is 23.3 Å². The first-order valence-electron chi connectivity index (χ1n) is 11.6. The first kappa shape index (κ1) is 25.9. The minimum Gasteiger partial charge on any atom is -0.497 e. The molecule has 1 N–H and O–H groups in total. The highest BCUT2D eigenvalue weighted by atomic mass is 35.5. The van der Waals surface area contributed by atoms with Crippen LogP contribution in [0.5, 0.6) is 5.75 Å². The van der Waals surface area contributed by atoms with Crippen molar-refractivity contribution in [1.82, 2.24) is 9.80 Å². The van der Waals surface area contributed by atoms with Gasteiger partial charge < -0.3 is 19.7 Å². The lowest BCUT2D eigenvalue weighted by Crippen LogP contribution is -2.50. The summed E-state index contributed by atoms with van der Waals surface area (Å²) < 4.78 is 39.4. The fourth-order valence-corrected chi connectivity index (χ4v) is 4.16. The van der Waals surface area contributed by atoms with Gasteiger partial charge >= 0.3 is 6.03 Å². The second-order valence-electron chi connectivity index (χ2n) is 8.50. The number of ether oxygens (including phenoxy) is 2. The molecule has 1 fully saturated rings. The lowest BCUT2D eigenvalue weighted by Gasteiger charge is -2.36. The van der Waals surface area contributed by atoms with Crippen LogP contribution in [0.4, 0.5) is 19.3 Å². The Kier molecular flexibility index (Phi) is 8.74. The number of rotatable bonds is 8. The molecule has 1 aliphatic rings. The van der Waals surface area contributed by atoms with Crippen molar-refractivity contribution in [3.63, 3.8) is 0 Å². The standard InChI is InChI=1S/C27H28ClF2N3O3/c1-35-22-11-9-21(10-12-22)31-27(34)33-15-13-32(14-16-33)17-26(19-5-7-20(28)8-6-19)36-18-23-24(29)3-2-4-25(23)30/h2-12,26H,13-18H2,1H3,(H,31,34)/t26-/m1/s1. The summed E-state index contributed by atoms with van der Waals surface area (Å²) in [5.74, 6) is -0.556. The molecule has 2 amide bonds. The van der Waals surface area contributed by atoms with Crippen molar-refractivity contribution in [1.29, 1.82) is 0 Å². The number of benzene rings is 3. The van der Waals surface area contributed by atoms with Crippen LogP contribution in [0.15, 0.2) is 66.7 Å². The van der Waals surface area contributed by atoms with Gasteiger partial charge in [0.1, 0.15) is 17.4 Å². The molecule has 0 bridgehead atoms. The fraction of sp³-hybridized carbons (Fsp3) is 0.296. The number of urea groups is 1. The third-order valence-electron chi connectivity index (χ3n) is 6.16. The van der Waals surface area contributed by atoms with E-state index < -0.39 is 17.7 Å². The predicted molar refractivity (Wildman–Crippen MR) is 135 cm³/mol. The minimum atomic E-state index is -0.638. The van der Waals surface area contributed by atoms with Gasteiger partial charge in [0.15, 0.2) is 0 Å². The number of piperazine rings is 1. The summed E-state index contributed by atoms with van der Waals surface area (Å²) in [6, 6.07) is 18.0. The highest BCUT2D eigenvalue weighted by Gasteiger charge is 2.25. The minimum absolute atomic E-state index is 0.100. The lowest BCUT2D eigenvalue weighted by atomic mass is 10.1. The van der Waals surface area contributed by atoms with E-state index in [0.717, 1.165) is 11.3 Å². The van der Waals surface area contributed by atoms with Crippen molar-refractivity contribution in [3.05, 3.63) is 94.5 Å². The van der Waals surface area contributed by atoms with Gasteiger partial charge in [-0.3, -0.25) is 4.90 Å². The summed E-state index contributed by atoms with van der Waals surface area (Å²) in [7, 11) is 1.59. The summed E-state index contributed by atoms with van der Waals surface area (Å²) in [5, 5.41) is 3.50. The third kappa shape index (κ3) is 6.72. The summed E-state index contributed by atoms with van der Waals surface area (Å²) >= 11 is 6.04. The number of carbonyl (C=O) groups excluding carboxylic acids is 1. The van der Waals surface area contributed by atoms with Gasteiger partial charge in [0.2, 0.25) is 0 Å². The SMILES string of the molecule is COc1ccc(NC(=O)N2CCN(C[C@@H](OCc3c(F)cccc3F)c3ccc(Cl)cc3)CC2)cc1. The fourth-order valence-electron chi connectivity index (χ4n) is 4.03. The van der Waals surface area contributed by atoms with Crippen LogP contribution < -0.4 is 10.1 Å². The molecule has 36 heavy (non-hydrogen) atoms. The Labute approximate surface area is 214 Å². The number of carbonyl (C=O) groups is 1. The number of nitrogens with zero attached hydrogens (tertiary/aromatic N) is 2. The summed E-state index contributed by atoms with van der Waals surface area (Å²) in [5.41, 5.74) is 1.45. The van der Waals surface area contributed by atoms with Gasteiger partial charge in [0, 0.05) is 49.0 Å². The van der Waals surface area contributed by atoms with E-state index >= 15 is 0 Å². The molecule has 0 spiro atoms. The molecule has 0 saturated carbocycles. The van der Waals surface area contributed by atoms with Crippen LogP contribution >= 0.6 is 11.6 Å². The topological polar surface area (TPSA) is 54.0 Å². The van der Waals surface area contributed by atoms with Crippen LogP contribution in [-0.2, 0) is 11.3 Å². The molecule has 0 aliphatic carbocycles. The van der Waals surface area contributed by atoms with Gasteiger partial charge in [-0.2, -0.15) is 0 Å². The molecule has 3 aromatic carbocycles. The Morgan fingerprint density at radius 2 is 1.61 bits per heavy atom. The highest BCUT2D eigenvalue weighted by Crippen LogP contribution is 2.25. The van der Waals surface area contributed by atoms with Gasteiger partial charge in [0.25, 0.3) is 0 Å². The third-order valence-corrected chi connectivity index (χ3v) is 6.41. The molecule has 1 heterocycles. The Bertz CT molecular complexity index is 1130. The van der Waals surface area contributed by atoms with Gasteiger partial charge in [-0.25, -0.2) is 13.6 Å². The van der Waals surface area contributed by atoms with Crippen LogP contribution in [0.3, 0.4) is 0 Å². The average Bonchev–Trinajstić information content (AvgIpc) is 2.89. The number of hydrogen-bond donors (Lipinski definition) is 1. The van der Waals surface area contributed by atoms with Crippen LogP contribution in [0, 0.1) is 11.6 Å². The Morgan fingerprint density at radius 1 is 0.972 bits per heavy atom. The molecule has 6 nitrogen and oxygen atoms in total. The van der Waals surface area contributed by atoms with E-state index in [2.05, 4.69) is 10.2 Å². The van der Waals surface area contributed by atoms with Crippen molar-refractivity contribution < 1.29 is 23.0 Å². The van der Waals surface area contributed by atoms with E-state index in [9.17, 15) is 13.6 Å². The van der Waals surface area contributed by atoms with Crippen LogP contribution in [0.25, 0.3) is 0 Å². The van der Waals surface area contributed by atoms with E-state index in [1.54, 1.807) is 48.4 Å². The van der Waals surface area contributed by atoms with Crippen molar-refractivity contribution in [3.8, 4) is 5.75 Å². The normalized spacial score (nSPS) is 14.9. The molecule has 1 atom stereocenters. The maximum atomic E-state index is 14.1. The molecule has 4 rings (SSSR count). The number of anilines is 1. The molecule has 3 aromatic rings. The first-order chi connectivity index (χ1) is 17.4. The molecule has 0 aromatic heterocycles. The monoisotopic (exact) mass is 515 g/mol. The largest absolute Gasteiger partial charge is 0.497 e. The molecular weight excluding hydrogens is 488 g/mol. The second-order valence-corrected chi connectivity index (χ2v) is 8.93. The zero-order chi connectivity index (χ0) is 25.5. The maximum absolute atomic E-state index is 14.1. The molecule has 1 saturated heterocycles. The highest BCUT2D eigenvalue weighted by molar-refractivity contribution is 6.30. The van der Waals surface area contributed by atoms with Crippen molar-refractivity contribution in [2.45, 2.75) is 12.7 Å². The number of hydrogen-bond acceptors (Lipinski definition) is 4. The number of nitrogens with one attached hydrogen (secondary N) is 1. The molecular formula is C27H28ClF2N3O3. The predicted octanol–water partition coefficient (Wildman–Crippen LogP) is 5.73. The summed E-state index contributed by atoms with van der Waals surface area (Å²) in [6.07, 6.45) is -0.430.